The number of hydrogen-bond acceptors (Lipinski definition) is 13. The van der Waals surface area contributed by atoms with Gasteiger partial charge in [-0.2, -0.15) is 5.06 Å². The van der Waals surface area contributed by atoms with Crippen LogP contribution in [0.15, 0.2) is 72.4 Å². The van der Waals surface area contributed by atoms with E-state index < -0.39 is 89.8 Å². The minimum Gasteiger partial charge on any atom is -0.508 e. The number of nitrogens with one attached hydrogen (secondary N) is 3. The summed E-state index contributed by atoms with van der Waals surface area (Å²) in [7, 11) is 0. The molecule has 0 radical (unpaired) electrons. The molecule has 1 unspecified atom stereocenters. The van der Waals surface area contributed by atoms with Crippen LogP contribution in [0.3, 0.4) is 0 Å². The molecule has 17 nitrogen and oxygen atoms in total. The van der Waals surface area contributed by atoms with Gasteiger partial charge in [-0.25, -0.2) is 10.2 Å². The van der Waals surface area contributed by atoms with Crippen molar-refractivity contribution in [2.24, 2.45) is 17.8 Å². The van der Waals surface area contributed by atoms with Gasteiger partial charge < -0.3 is 40.3 Å². The maximum Gasteiger partial charge on any atom is 0.332 e. The molecule has 8 atom stereocenters. The quantitative estimate of drug-likeness (QED) is 0.119. The SMILES string of the molecule is CC(=O)CC[C@H]1C(=O)N[C@@H](C(C)C)C(=O)N[C@@H](Cc2cccc(O)c2)C(=O)N2CCCC(N2)C(=O)O[C@H](/C(C)=C/C=C/C(=O)N2CCCC(=O)O2)C/C=C/C=C/[C@H](O)[C@H](C)[C@H]1O. The number of Topliss-reactive ketones (excluding diaryl/α,β-unsaturated/α-hetero) is 1. The van der Waals surface area contributed by atoms with Crippen LogP contribution >= 0.6 is 0 Å². The molecule has 6 N–H and O–H groups in total. The predicted octanol–water partition coefficient (Wildman–Crippen LogP) is 2.41. The Kier molecular flexibility index (Phi) is 18.6. The van der Waals surface area contributed by atoms with Gasteiger partial charge in [0.25, 0.3) is 11.8 Å². The molecule has 338 valence electrons. The van der Waals surface area contributed by atoms with E-state index in [4.69, 9.17) is 9.57 Å². The normalized spacial score (nSPS) is 28.8. The lowest BCUT2D eigenvalue weighted by Gasteiger charge is -2.36. The maximum absolute atomic E-state index is 14.3. The average molecular weight is 864 g/mol. The number of phenolic OH excluding ortho intramolecular Hbond substituents is 1. The van der Waals surface area contributed by atoms with Crippen LogP contribution in [0.2, 0.25) is 0 Å². The first-order valence-electron chi connectivity index (χ1n) is 21.2. The third-order valence-corrected chi connectivity index (χ3v) is 11.1. The summed E-state index contributed by atoms with van der Waals surface area (Å²) < 4.78 is 6.01. The number of fused-ring (bicyclic) bond motifs is 2. The van der Waals surface area contributed by atoms with Gasteiger partial charge in [0.05, 0.1) is 24.7 Å². The third kappa shape index (κ3) is 14.5. The summed E-state index contributed by atoms with van der Waals surface area (Å²) in [6.07, 6.45) is 8.40. The second kappa shape index (κ2) is 23.5. The van der Waals surface area contributed by atoms with Crippen molar-refractivity contribution in [3.05, 3.63) is 77.9 Å². The van der Waals surface area contributed by atoms with E-state index in [9.17, 15) is 48.9 Å². The van der Waals surface area contributed by atoms with Gasteiger partial charge in [0.15, 0.2) is 0 Å². The van der Waals surface area contributed by atoms with E-state index in [2.05, 4.69) is 16.1 Å². The Bertz CT molecular complexity index is 1910. The lowest BCUT2D eigenvalue weighted by molar-refractivity contribution is -0.202. The van der Waals surface area contributed by atoms with E-state index >= 15 is 0 Å². The Morgan fingerprint density at radius 3 is 2.45 bits per heavy atom. The Morgan fingerprint density at radius 2 is 1.76 bits per heavy atom. The monoisotopic (exact) mass is 863 g/mol. The van der Waals surface area contributed by atoms with Crippen LogP contribution in [0.4, 0.5) is 0 Å². The molecule has 4 rings (SSSR count). The fourth-order valence-corrected chi connectivity index (χ4v) is 7.26. The average Bonchev–Trinajstić information content (AvgIpc) is 3.23. The summed E-state index contributed by atoms with van der Waals surface area (Å²) in [5, 5.41) is 40.5. The van der Waals surface area contributed by atoms with E-state index in [-0.39, 0.29) is 56.7 Å². The van der Waals surface area contributed by atoms with Crippen molar-refractivity contribution in [3.63, 3.8) is 0 Å². The number of aliphatic hydroxyl groups excluding tert-OH is 2. The molecule has 2 bridgehead atoms. The number of benzene rings is 1. The number of carbonyl (C=O) groups excluding carboxylic acids is 7. The van der Waals surface area contributed by atoms with Crippen LogP contribution in [0.5, 0.6) is 5.75 Å². The number of phenols is 1. The van der Waals surface area contributed by atoms with Crippen molar-refractivity contribution < 1.29 is 58.5 Å². The van der Waals surface area contributed by atoms with Gasteiger partial charge in [0.2, 0.25) is 11.8 Å². The van der Waals surface area contributed by atoms with Crippen LogP contribution in [-0.4, -0.2) is 116 Å². The number of rotatable bonds is 9. The van der Waals surface area contributed by atoms with E-state index in [1.807, 2.05) is 0 Å². The largest absolute Gasteiger partial charge is 0.508 e. The smallest absolute Gasteiger partial charge is 0.332 e. The highest BCUT2D eigenvalue weighted by Crippen LogP contribution is 2.24. The lowest BCUT2D eigenvalue weighted by Crippen LogP contribution is -2.62. The Balaban J connectivity index is 1.70. The van der Waals surface area contributed by atoms with Gasteiger partial charge in [-0.15, -0.1) is 0 Å². The highest BCUT2D eigenvalue weighted by Gasteiger charge is 2.38. The van der Waals surface area contributed by atoms with Gasteiger partial charge in [-0.1, -0.05) is 69.4 Å². The zero-order valence-corrected chi connectivity index (χ0v) is 36.0. The molecule has 0 saturated carbocycles. The van der Waals surface area contributed by atoms with Crippen LogP contribution in [0.25, 0.3) is 0 Å². The highest BCUT2D eigenvalue weighted by atomic mass is 16.7. The summed E-state index contributed by atoms with van der Waals surface area (Å²) in [6, 6.07) is 2.78. The van der Waals surface area contributed by atoms with Crippen molar-refractivity contribution in [3.8, 4) is 5.75 Å². The van der Waals surface area contributed by atoms with Crippen molar-refractivity contribution in [1.82, 2.24) is 26.1 Å². The molecule has 2 fully saturated rings. The van der Waals surface area contributed by atoms with Crippen LogP contribution in [0.1, 0.15) is 85.1 Å². The summed E-state index contributed by atoms with van der Waals surface area (Å²) >= 11 is 0. The number of aromatic hydroxyl groups is 1. The molecule has 0 aromatic heterocycles. The molecule has 2 saturated heterocycles. The number of hydrogen-bond donors (Lipinski definition) is 6. The molecule has 3 heterocycles. The number of hydrazine groups is 1. The minimum absolute atomic E-state index is 0.0427. The van der Waals surface area contributed by atoms with Gasteiger partial charge in [-0.05, 0) is 68.7 Å². The number of esters is 1. The first-order chi connectivity index (χ1) is 29.4. The highest BCUT2D eigenvalue weighted by molar-refractivity contribution is 5.93. The number of cyclic esters (lactones) is 1. The summed E-state index contributed by atoms with van der Waals surface area (Å²) in [5.74, 6) is -6.59. The predicted molar refractivity (Wildman–Crippen MR) is 226 cm³/mol. The number of ether oxygens (including phenoxy) is 1. The van der Waals surface area contributed by atoms with Crippen molar-refractivity contribution in [2.75, 3.05) is 13.1 Å². The third-order valence-electron chi connectivity index (χ3n) is 11.1. The van der Waals surface area contributed by atoms with Gasteiger partial charge in [-0.3, -0.25) is 29.0 Å². The Hall–Kier alpha value is -5.65. The number of hydroxylamine groups is 2. The van der Waals surface area contributed by atoms with E-state index in [0.717, 1.165) is 5.06 Å². The van der Waals surface area contributed by atoms with Crippen LogP contribution < -0.4 is 16.1 Å². The fourth-order valence-electron chi connectivity index (χ4n) is 7.26. The van der Waals surface area contributed by atoms with Crippen LogP contribution in [0, 0.1) is 17.8 Å². The van der Waals surface area contributed by atoms with Crippen molar-refractivity contribution in [2.45, 2.75) is 122 Å². The first kappa shape index (κ1) is 49.0. The molecule has 1 aromatic carbocycles. The van der Waals surface area contributed by atoms with E-state index in [1.54, 1.807) is 64.1 Å². The van der Waals surface area contributed by atoms with E-state index in [1.165, 1.54) is 42.3 Å². The molecule has 0 spiro atoms. The molecule has 17 heteroatoms. The molecule has 4 amide bonds. The fraction of sp³-hybridized carbons (Fsp3) is 0.533. The molecule has 1 aromatic rings. The molecule has 3 aliphatic rings. The molecule has 3 aliphatic heterocycles. The molecule has 62 heavy (non-hydrogen) atoms. The number of amides is 4. The second-order valence-corrected chi connectivity index (χ2v) is 16.4. The number of nitrogens with zero attached hydrogens (tertiary/aromatic N) is 2. The summed E-state index contributed by atoms with van der Waals surface area (Å²) in [5.41, 5.74) is 4.04. The lowest BCUT2D eigenvalue weighted by atomic mass is 9.84. The number of ketones is 1. The number of aliphatic hydroxyl groups is 2. The second-order valence-electron chi connectivity index (χ2n) is 16.4. The van der Waals surface area contributed by atoms with Crippen molar-refractivity contribution in [1.29, 1.82) is 0 Å². The Labute approximate surface area is 362 Å². The Morgan fingerprint density at radius 1 is 1.00 bits per heavy atom. The van der Waals surface area contributed by atoms with Gasteiger partial charge in [0, 0.05) is 44.2 Å². The summed E-state index contributed by atoms with van der Waals surface area (Å²) in [6.45, 7) is 8.45. The number of allylic oxidation sites excluding steroid dienone is 4. The standard InChI is InChI=1S/C45H61N5O12/c1-27(2)40-43(58)46-35(26-31-14-10-15-32(52)25-31)44(59)49-23-11-16-34(48-49)45(60)61-37(28(3)13-9-19-38(54)50-24-12-20-39(55)62-50)18-8-6-7-17-36(53)30(5)41(56)33(42(57)47-40)22-21-29(4)51/h6-10,13-15,17,19,25,27,30,33-37,40-41,48,52-53,56H,11-12,16,18,20-24,26H2,1-5H3,(H,46,58)(H,47,57)/b8-6+,17-7+,19-9+,28-13+/t30-,33+,34?,35-,36-,37-,40-,41+/m0/s1. The number of carbonyl (C=O) groups is 7. The molecular weight excluding hydrogens is 803 g/mol. The van der Waals surface area contributed by atoms with Crippen LogP contribution in [-0.2, 0) is 49.6 Å². The molecule has 0 aliphatic carbocycles. The topological polar surface area (TPSA) is 241 Å². The van der Waals surface area contributed by atoms with E-state index in [0.29, 0.717) is 30.4 Å². The van der Waals surface area contributed by atoms with Gasteiger partial charge in [0.1, 0.15) is 35.8 Å². The van der Waals surface area contributed by atoms with Crippen molar-refractivity contribution >= 4 is 41.4 Å². The zero-order chi connectivity index (χ0) is 45.5. The summed E-state index contributed by atoms with van der Waals surface area (Å²) in [4.78, 5) is 97.6. The zero-order valence-electron chi connectivity index (χ0n) is 36.0. The first-order valence-corrected chi connectivity index (χ1v) is 21.2. The van der Waals surface area contributed by atoms with Gasteiger partial charge >= 0.3 is 11.9 Å². The molecular formula is C45H61N5O12. The minimum atomic E-state index is -1.44. The maximum atomic E-state index is 14.3.